The Morgan fingerprint density at radius 2 is 2.29 bits per heavy atom. The number of halogens is 2. The van der Waals surface area contributed by atoms with Crippen LogP contribution in [-0.2, 0) is 6.54 Å². The van der Waals surface area contributed by atoms with Crippen LogP contribution in [0, 0.1) is 0 Å². The maximum absolute atomic E-state index is 6.17. The third kappa shape index (κ3) is 2.20. The van der Waals surface area contributed by atoms with Gasteiger partial charge in [0, 0.05) is 12.1 Å². The van der Waals surface area contributed by atoms with Gasteiger partial charge < -0.3 is 9.73 Å². The summed E-state index contributed by atoms with van der Waals surface area (Å²) in [5, 5.41) is 8.37. The number of nitrogens with zero attached hydrogens (tertiary/aromatic N) is 2. The molecule has 92 valence electrons. The van der Waals surface area contributed by atoms with Gasteiger partial charge in [-0.25, -0.2) is 0 Å². The van der Waals surface area contributed by atoms with Crippen molar-refractivity contribution in [2.45, 2.75) is 19.5 Å². The van der Waals surface area contributed by atoms with Crippen molar-refractivity contribution in [3.8, 4) is 0 Å². The molecule has 0 aromatic carbocycles. The van der Waals surface area contributed by atoms with E-state index < -0.39 is 0 Å². The van der Waals surface area contributed by atoms with Crippen LogP contribution in [-0.4, -0.2) is 16.8 Å². The largest absolute Gasteiger partial charge is 0.453 e. The number of rotatable bonds is 4. The van der Waals surface area contributed by atoms with Crippen molar-refractivity contribution in [3.63, 3.8) is 0 Å². The van der Waals surface area contributed by atoms with E-state index in [4.69, 9.17) is 27.6 Å². The van der Waals surface area contributed by atoms with E-state index in [9.17, 15) is 0 Å². The van der Waals surface area contributed by atoms with Crippen LogP contribution in [0.2, 0.25) is 10.2 Å². The van der Waals surface area contributed by atoms with Gasteiger partial charge in [-0.3, -0.25) is 4.68 Å². The predicted molar refractivity (Wildman–Crippen MR) is 67.5 cm³/mol. The van der Waals surface area contributed by atoms with E-state index in [1.54, 1.807) is 12.5 Å². The molecule has 2 heterocycles. The highest BCUT2D eigenvalue weighted by atomic mass is 35.5. The quantitative estimate of drug-likeness (QED) is 0.931. The second-order valence-corrected chi connectivity index (χ2v) is 4.32. The molecule has 6 heteroatoms. The van der Waals surface area contributed by atoms with Crippen molar-refractivity contribution in [3.05, 3.63) is 40.0 Å². The molecule has 0 bridgehead atoms. The number of furan rings is 1. The van der Waals surface area contributed by atoms with Gasteiger partial charge >= 0.3 is 0 Å². The molecule has 0 saturated carbocycles. The highest BCUT2D eigenvalue weighted by Gasteiger charge is 2.23. The summed E-state index contributed by atoms with van der Waals surface area (Å²) in [5.41, 5.74) is 1.74. The first-order valence-corrected chi connectivity index (χ1v) is 6.06. The third-order valence-corrected chi connectivity index (χ3v) is 3.25. The Bertz CT molecular complexity index is 507. The maximum Gasteiger partial charge on any atom is 0.198 e. The first-order valence-electron chi connectivity index (χ1n) is 5.30. The molecule has 2 rings (SSSR count). The van der Waals surface area contributed by atoms with E-state index in [-0.39, 0.29) is 6.04 Å². The van der Waals surface area contributed by atoms with E-state index in [0.717, 1.165) is 17.8 Å². The minimum Gasteiger partial charge on any atom is -0.453 e. The fourth-order valence-corrected chi connectivity index (χ4v) is 2.33. The van der Waals surface area contributed by atoms with Crippen LogP contribution in [0.1, 0.15) is 24.2 Å². The molecule has 0 spiro atoms. The lowest BCUT2D eigenvalue weighted by Gasteiger charge is -2.17. The van der Waals surface area contributed by atoms with Gasteiger partial charge in [0.1, 0.15) is 0 Å². The fraction of sp³-hybridized carbons (Fsp3) is 0.364. The monoisotopic (exact) mass is 273 g/mol. The molecular weight excluding hydrogens is 261 g/mol. The smallest absolute Gasteiger partial charge is 0.198 e. The van der Waals surface area contributed by atoms with Crippen LogP contribution >= 0.6 is 23.2 Å². The normalized spacial score (nSPS) is 12.9. The average Bonchev–Trinajstić information content (AvgIpc) is 2.89. The molecule has 17 heavy (non-hydrogen) atoms. The van der Waals surface area contributed by atoms with Crippen LogP contribution in [0.15, 0.2) is 22.9 Å². The van der Waals surface area contributed by atoms with Gasteiger partial charge in [0.2, 0.25) is 0 Å². The van der Waals surface area contributed by atoms with Crippen LogP contribution in [0.3, 0.4) is 0 Å². The van der Waals surface area contributed by atoms with E-state index in [1.165, 1.54) is 0 Å². The van der Waals surface area contributed by atoms with Gasteiger partial charge in [-0.05, 0) is 31.6 Å². The van der Waals surface area contributed by atoms with E-state index in [2.05, 4.69) is 10.4 Å². The molecule has 1 N–H and O–H groups in total. The Hall–Kier alpha value is -0.970. The number of hydrogen-bond acceptors (Lipinski definition) is 3. The lowest BCUT2D eigenvalue weighted by Crippen LogP contribution is -2.21. The minimum absolute atomic E-state index is 0.129. The zero-order valence-electron chi connectivity index (χ0n) is 9.58. The summed E-state index contributed by atoms with van der Waals surface area (Å²) in [6, 6.07) is 1.70. The molecule has 0 saturated heterocycles. The molecule has 0 radical (unpaired) electrons. The highest BCUT2D eigenvalue weighted by molar-refractivity contribution is 6.31. The molecule has 1 unspecified atom stereocenters. The Labute approximate surface area is 110 Å². The standard InChI is InChI=1S/C11H13Cl2N3O/c1-3-16-10(8(12)6-15-16)9(14-2)7-4-5-17-11(7)13/h4-6,9,14H,3H2,1-2H3. The second kappa shape index (κ2) is 5.12. The van der Waals surface area contributed by atoms with Gasteiger partial charge in [-0.15, -0.1) is 0 Å². The van der Waals surface area contributed by atoms with Crippen LogP contribution in [0.25, 0.3) is 0 Å². The zero-order valence-corrected chi connectivity index (χ0v) is 11.1. The van der Waals surface area contributed by atoms with Gasteiger partial charge in [-0.1, -0.05) is 11.6 Å². The van der Waals surface area contributed by atoms with Crippen molar-refractivity contribution in [1.29, 1.82) is 0 Å². The molecule has 2 aromatic heterocycles. The third-order valence-electron chi connectivity index (χ3n) is 2.65. The number of aromatic nitrogens is 2. The summed E-state index contributed by atoms with van der Waals surface area (Å²) in [6.45, 7) is 2.76. The van der Waals surface area contributed by atoms with Crippen molar-refractivity contribution in [2.75, 3.05) is 7.05 Å². The lowest BCUT2D eigenvalue weighted by molar-refractivity contribution is 0.541. The topological polar surface area (TPSA) is 43.0 Å². The van der Waals surface area contributed by atoms with Crippen molar-refractivity contribution >= 4 is 23.2 Å². The summed E-state index contributed by atoms with van der Waals surface area (Å²) in [7, 11) is 1.84. The molecule has 0 fully saturated rings. The summed E-state index contributed by atoms with van der Waals surface area (Å²) < 4.78 is 6.95. The maximum atomic E-state index is 6.17. The van der Waals surface area contributed by atoms with Crippen molar-refractivity contribution in [2.24, 2.45) is 0 Å². The number of hydrogen-bond donors (Lipinski definition) is 1. The van der Waals surface area contributed by atoms with Crippen LogP contribution in [0.5, 0.6) is 0 Å². The Morgan fingerprint density at radius 3 is 2.82 bits per heavy atom. The molecule has 0 amide bonds. The molecule has 0 aliphatic heterocycles. The number of nitrogens with one attached hydrogen (secondary N) is 1. The van der Waals surface area contributed by atoms with Crippen LogP contribution in [0.4, 0.5) is 0 Å². The summed E-state index contributed by atoms with van der Waals surface area (Å²) in [6.07, 6.45) is 3.20. The first kappa shape index (κ1) is 12.5. The van der Waals surface area contributed by atoms with Crippen LogP contribution < -0.4 is 5.32 Å². The van der Waals surface area contributed by atoms with Gasteiger partial charge in [0.05, 0.1) is 29.2 Å². The predicted octanol–water partition coefficient (Wildman–Crippen LogP) is 3.11. The fourth-order valence-electron chi connectivity index (χ4n) is 1.86. The molecule has 2 aromatic rings. The molecule has 0 aliphatic carbocycles. The average molecular weight is 274 g/mol. The van der Waals surface area contributed by atoms with E-state index >= 15 is 0 Å². The zero-order chi connectivity index (χ0) is 12.4. The van der Waals surface area contributed by atoms with E-state index in [1.807, 2.05) is 24.7 Å². The van der Waals surface area contributed by atoms with Gasteiger partial charge in [0.15, 0.2) is 5.22 Å². The highest BCUT2D eigenvalue weighted by Crippen LogP contribution is 2.32. The van der Waals surface area contributed by atoms with Crippen molar-refractivity contribution in [1.82, 2.24) is 15.1 Å². The Kier molecular flexibility index (Phi) is 3.76. The Balaban J connectivity index is 2.49. The molecular formula is C11H13Cl2N3O. The van der Waals surface area contributed by atoms with E-state index in [0.29, 0.717) is 10.2 Å². The summed E-state index contributed by atoms with van der Waals surface area (Å²) >= 11 is 12.2. The second-order valence-electron chi connectivity index (χ2n) is 3.56. The first-order chi connectivity index (χ1) is 8.19. The summed E-state index contributed by atoms with van der Waals surface area (Å²) in [5.74, 6) is 0. The minimum atomic E-state index is -0.129. The number of aryl methyl sites for hydroxylation is 1. The SMILES string of the molecule is CCn1ncc(Cl)c1C(NC)c1ccoc1Cl. The van der Waals surface area contributed by atoms with Gasteiger partial charge in [-0.2, -0.15) is 5.10 Å². The molecule has 0 aliphatic rings. The van der Waals surface area contributed by atoms with Gasteiger partial charge in [0.25, 0.3) is 0 Å². The lowest BCUT2D eigenvalue weighted by atomic mass is 10.1. The molecule has 1 atom stereocenters. The van der Waals surface area contributed by atoms with Crippen molar-refractivity contribution < 1.29 is 4.42 Å². The summed E-state index contributed by atoms with van der Waals surface area (Å²) in [4.78, 5) is 0. The Morgan fingerprint density at radius 1 is 1.53 bits per heavy atom. The molecule has 4 nitrogen and oxygen atoms in total.